The number of azide groups is 1. The predicted octanol–water partition coefficient (Wildman–Crippen LogP) is -1.83. The molecule has 1 fully saturated rings. The Morgan fingerprint density at radius 2 is 2.22 bits per heavy atom. The smallest absolute Gasteiger partial charge is 0.305 e. The van der Waals surface area contributed by atoms with Gasteiger partial charge in [0.05, 0.1) is 6.61 Å². The standard InChI is InChI=1S/C8H14N4O6/c1-3(14)17-8-5(10-12-11-9)7(16)6(15)4(2-13)18-8/h4-8,10,13,15-16H,2H2,1H3/t4-,5-,6+,7-,8?/m1/s1. The van der Waals surface area contributed by atoms with Crippen molar-refractivity contribution in [2.45, 2.75) is 37.6 Å². The molecule has 4 N–H and O–H groups in total. The van der Waals surface area contributed by atoms with Gasteiger partial charge in [-0.05, 0) is 5.22 Å². The fourth-order valence-corrected chi connectivity index (χ4v) is 1.58. The van der Waals surface area contributed by atoms with Crippen molar-refractivity contribution in [3.8, 4) is 0 Å². The fourth-order valence-electron chi connectivity index (χ4n) is 1.58. The second kappa shape index (κ2) is 6.38. The van der Waals surface area contributed by atoms with E-state index in [1.54, 1.807) is 0 Å². The second-order valence-electron chi connectivity index (χ2n) is 3.66. The fraction of sp³-hybridized carbons (Fsp3) is 0.875. The third-order valence-corrected chi connectivity index (χ3v) is 2.41. The van der Waals surface area contributed by atoms with E-state index >= 15 is 0 Å². The van der Waals surface area contributed by atoms with Crippen LogP contribution in [-0.4, -0.2) is 58.5 Å². The van der Waals surface area contributed by atoms with E-state index in [0.29, 0.717) is 0 Å². The molecular weight excluding hydrogens is 248 g/mol. The highest BCUT2D eigenvalue weighted by molar-refractivity contribution is 5.66. The van der Waals surface area contributed by atoms with Crippen molar-refractivity contribution < 1.29 is 29.6 Å². The molecule has 0 aromatic carbocycles. The second-order valence-corrected chi connectivity index (χ2v) is 3.66. The summed E-state index contributed by atoms with van der Waals surface area (Å²) in [5.41, 5.74) is 10.3. The van der Waals surface area contributed by atoms with Gasteiger partial charge in [-0.1, -0.05) is 0 Å². The van der Waals surface area contributed by atoms with E-state index in [-0.39, 0.29) is 0 Å². The Morgan fingerprint density at radius 1 is 1.56 bits per heavy atom. The number of nitrogens with zero attached hydrogens (tertiary/aromatic N) is 3. The molecule has 1 aliphatic rings. The van der Waals surface area contributed by atoms with Crippen LogP contribution in [-0.2, 0) is 14.3 Å². The number of hydrogen-bond acceptors (Lipinski definition) is 7. The lowest BCUT2D eigenvalue weighted by atomic mass is 9.97. The molecule has 1 heterocycles. The van der Waals surface area contributed by atoms with Gasteiger partial charge in [-0.3, -0.25) is 4.79 Å². The predicted molar refractivity (Wildman–Crippen MR) is 55.6 cm³/mol. The summed E-state index contributed by atoms with van der Waals surface area (Å²) < 4.78 is 9.85. The van der Waals surface area contributed by atoms with Crippen molar-refractivity contribution in [1.82, 2.24) is 5.43 Å². The molecular formula is C8H14N4O6. The molecule has 5 atom stereocenters. The maximum atomic E-state index is 10.9. The largest absolute Gasteiger partial charge is 0.431 e. The lowest BCUT2D eigenvalue weighted by molar-refractivity contribution is -0.263. The molecule has 102 valence electrons. The third-order valence-electron chi connectivity index (χ3n) is 2.41. The van der Waals surface area contributed by atoms with E-state index in [9.17, 15) is 15.0 Å². The lowest BCUT2D eigenvalue weighted by Gasteiger charge is -2.39. The first-order valence-corrected chi connectivity index (χ1v) is 5.10. The zero-order chi connectivity index (χ0) is 13.7. The summed E-state index contributed by atoms with van der Waals surface area (Å²) in [6.45, 7) is 0.559. The SMILES string of the molecule is CC(=O)OC1O[C@H](CO)[C@H](O)[C@H](O)[C@H]1NN=[N+]=[N-]. The van der Waals surface area contributed by atoms with Gasteiger partial charge in [0.25, 0.3) is 0 Å². The Bertz CT molecular complexity index is 346. The molecule has 0 saturated carbocycles. The molecule has 0 amide bonds. The van der Waals surface area contributed by atoms with Crippen LogP contribution < -0.4 is 5.43 Å². The van der Waals surface area contributed by atoms with Gasteiger partial charge in [0, 0.05) is 6.92 Å². The molecule has 1 rings (SSSR count). The minimum absolute atomic E-state index is 0.565. The van der Waals surface area contributed by atoms with Crippen LogP contribution in [0.2, 0.25) is 0 Å². The number of ether oxygens (including phenoxy) is 2. The van der Waals surface area contributed by atoms with Gasteiger partial charge in [0.15, 0.2) is 6.04 Å². The van der Waals surface area contributed by atoms with Crippen LogP contribution in [0.5, 0.6) is 0 Å². The van der Waals surface area contributed by atoms with Gasteiger partial charge < -0.3 is 24.8 Å². The quantitative estimate of drug-likeness (QED) is 0.152. The molecule has 18 heavy (non-hydrogen) atoms. The van der Waals surface area contributed by atoms with Crippen molar-refractivity contribution >= 4 is 5.97 Å². The molecule has 1 saturated heterocycles. The number of rotatable bonds is 4. The number of aliphatic hydroxyl groups is 3. The molecule has 0 radical (unpaired) electrons. The molecule has 0 aromatic heterocycles. The number of carbonyl (C=O) groups is 1. The van der Waals surface area contributed by atoms with Crippen LogP contribution in [0, 0.1) is 0 Å². The van der Waals surface area contributed by atoms with Crippen molar-refractivity contribution in [1.29, 1.82) is 0 Å². The van der Waals surface area contributed by atoms with E-state index in [0.717, 1.165) is 6.92 Å². The monoisotopic (exact) mass is 262 g/mol. The molecule has 0 bridgehead atoms. The Kier molecular flexibility index (Phi) is 5.13. The zero-order valence-electron chi connectivity index (χ0n) is 9.50. The zero-order valence-corrected chi connectivity index (χ0v) is 9.50. The summed E-state index contributed by atoms with van der Waals surface area (Å²) in [7, 11) is 0. The highest BCUT2D eigenvalue weighted by Gasteiger charge is 2.47. The molecule has 1 unspecified atom stereocenters. The molecule has 0 aromatic rings. The van der Waals surface area contributed by atoms with Crippen LogP contribution in [0.1, 0.15) is 6.92 Å². The average molecular weight is 262 g/mol. The Hall–Kier alpha value is -1.58. The summed E-state index contributed by atoms with van der Waals surface area (Å²) in [6.07, 6.45) is -5.24. The van der Waals surface area contributed by atoms with E-state index in [1.165, 1.54) is 0 Å². The topological polar surface area (TPSA) is 157 Å². The first-order valence-electron chi connectivity index (χ1n) is 5.10. The summed E-state index contributed by atoms with van der Waals surface area (Å²) in [5.74, 6) is -0.687. The summed E-state index contributed by atoms with van der Waals surface area (Å²) >= 11 is 0. The van der Waals surface area contributed by atoms with Crippen LogP contribution in [0.4, 0.5) is 0 Å². The van der Waals surface area contributed by atoms with Gasteiger partial charge in [-0.2, -0.15) is 4.91 Å². The maximum Gasteiger partial charge on any atom is 0.305 e. The van der Waals surface area contributed by atoms with Crippen molar-refractivity contribution in [3.63, 3.8) is 0 Å². The number of nitrogens with one attached hydrogen (secondary N) is 1. The van der Waals surface area contributed by atoms with Crippen molar-refractivity contribution in [2.24, 2.45) is 5.22 Å². The van der Waals surface area contributed by atoms with E-state index < -0.39 is 43.2 Å². The van der Waals surface area contributed by atoms with Gasteiger partial charge in [0.1, 0.15) is 18.3 Å². The minimum Gasteiger partial charge on any atom is -0.431 e. The normalized spacial score (nSPS) is 35.4. The average Bonchev–Trinajstić information content (AvgIpc) is 2.32. The summed E-state index contributed by atoms with van der Waals surface area (Å²) in [6, 6.07) is -1.14. The first kappa shape index (κ1) is 14.5. The van der Waals surface area contributed by atoms with Gasteiger partial charge >= 0.3 is 5.97 Å². The van der Waals surface area contributed by atoms with Crippen LogP contribution >= 0.6 is 0 Å². The van der Waals surface area contributed by atoms with Crippen LogP contribution in [0.15, 0.2) is 5.22 Å². The molecule has 0 spiro atoms. The van der Waals surface area contributed by atoms with Gasteiger partial charge in [-0.25, -0.2) is 5.43 Å². The minimum atomic E-state index is -1.44. The van der Waals surface area contributed by atoms with Crippen LogP contribution in [0.3, 0.4) is 0 Å². The summed E-state index contributed by atoms with van der Waals surface area (Å²) in [5, 5.41) is 31.3. The number of aliphatic hydroxyl groups excluding tert-OH is 3. The number of carbonyl (C=O) groups excluding carboxylic acids is 1. The molecule has 10 nitrogen and oxygen atoms in total. The van der Waals surface area contributed by atoms with E-state index in [2.05, 4.69) is 15.6 Å². The lowest BCUT2D eigenvalue weighted by Crippen LogP contribution is -2.63. The van der Waals surface area contributed by atoms with Gasteiger partial charge in [0.2, 0.25) is 6.29 Å². The maximum absolute atomic E-state index is 10.9. The molecule has 0 aliphatic carbocycles. The van der Waals surface area contributed by atoms with E-state index in [1.807, 2.05) is 0 Å². The number of hydrogen-bond donors (Lipinski definition) is 4. The summed E-state index contributed by atoms with van der Waals surface area (Å²) in [4.78, 5) is 13.3. The highest BCUT2D eigenvalue weighted by atomic mass is 16.7. The van der Waals surface area contributed by atoms with Gasteiger partial charge in [-0.15, -0.1) is 5.53 Å². The van der Waals surface area contributed by atoms with Crippen LogP contribution in [0.25, 0.3) is 10.4 Å². The highest BCUT2D eigenvalue weighted by Crippen LogP contribution is 2.22. The molecule has 10 heteroatoms. The first-order chi connectivity index (χ1) is 8.51. The Balaban J connectivity index is 2.85. The van der Waals surface area contributed by atoms with Crippen molar-refractivity contribution in [3.05, 3.63) is 10.4 Å². The molecule has 1 aliphatic heterocycles. The Labute approximate surface area is 102 Å². The van der Waals surface area contributed by atoms with E-state index in [4.69, 9.17) is 20.1 Å². The Morgan fingerprint density at radius 3 is 2.72 bits per heavy atom. The van der Waals surface area contributed by atoms with Crippen molar-refractivity contribution in [2.75, 3.05) is 6.61 Å². The third kappa shape index (κ3) is 3.22. The number of esters is 1.